The summed E-state index contributed by atoms with van der Waals surface area (Å²) in [7, 11) is 0. The molecular formula is C9H12F3NO2. The molecule has 0 fully saturated rings. The Labute approximate surface area is 85.6 Å². The summed E-state index contributed by atoms with van der Waals surface area (Å²) in [5, 5.41) is 3.49. The standard InChI is InChI=1S/C9H12F3NO2/c1-6(2)7(3)13-15-5-4-8(14)9(10,11)12/h4-6H,1-3H3/b5-4+,13-7+. The van der Waals surface area contributed by atoms with Crippen LogP contribution < -0.4 is 0 Å². The lowest BCUT2D eigenvalue weighted by molar-refractivity contribution is -0.165. The van der Waals surface area contributed by atoms with Gasteiger partial charge in [0, 0.05) is 6.08 Å². The smallest absolute Gasteiger partial charge is 0.365 e. The summed E-state index contributed by atoms with van der Waals surface area (Å²) in [5.41, 5.74) is 0.624. The first kappa shape index (κ1) is 13.7. The summed E-state index contributed by atoms with van der Waals surface area (Å²) >= 11 is 0. The minimum Gasteiger partial charge on any atom is -0.365 e. The van der Waals surface area contributed by atoms with Crippen LogP contribution in [0.25, 0.3) is 0 Å². The van der Waals surface area contributed by atoms with Crippen LogP contribution >= 0.6 is 0 Å². The Balaban J connectivity index is 4.13. The molecule has 0 aliphatic rings. The van der Waals surface area contributed by atoms with Crippen LogP contribution in [0.15, 0.2) is 17.5 Å². The Hall–Kier alpha value is -1.33. The van der Waals surface area contributed by atoms with Crippen LogP contribution in [0, 0.1) is 5.92 Å². The molecule has 0 aromatic rings. The van der Waals surface area contributed by atoms with Crippen molar-refractivity contribution in [2.45, 2.75) is 26.9 Å². The van der Waals surface area contributed by atoms with Gasteiger partial charge >= 0.3 is 6.18 Å². The Morgan fingerprint density at radius 2 is 1.93 bits per heavy atom. The van der Waals surface area contributed by atoms with Crippen LogP contribution in [0.4, 0.5) is 13.2 Å². The second-order valence-corrected chi connectivity index (χ2v) is 3.16. The van der Waals surface area contributed by atoms with Crippen molar-refractivity contribution in [1.82, 2.24) is 0 Å². The topological polar surface area (TPSA) is 38.7 Å². The number of carbonyl (C=O) groups excluding carboxylic acids is 1. The molecule has 0 spiro atoms. The average molecular weight is 223 g/mol. The van der Waals surface area contributed by atoms with E-state index >= 15 is 0 Å². The monoisotopic (exact) mass is 223 g/mol. The molecule has 0 aromatic carbocycles. The Kier molecular flexibility index (Phi) is 5.04. The average Bonchev–Trinajstić information content (AvgIpc) is 2.09. The van der Waals surface area contributed by atoms with Gasteiger partial charge in [-0.25, -0.2) is 0 Å². The molecule has 6 heteroatoms. The van der Waals surface area contributed by atoms with E-state index in [0.29, 0.717) is 12.0 Å². The molecule has 0 bridgehead atoms. The number of oxime groups is 1. The second-order valence-electron chi connectivity index (χ2n) is 3.16. The number of nitrogens with zero attached hydrogens (tertiary/aromatic N) is 1. The Bertz CT molecular complexity index is 280. The van der Waals surface area contributed by atoms with E-state index in [4.69, 9.17) is 0 Å². The SMILES string of the molecule is C/C(=N\O/C=C/C(=O)C(F)(F)F)C(C)C. The van der Waals surface area contributed by atoms with Crippen LogP contribution in [0.1, 0.15) is 20.8 Å². The van der Waals surface area contributed by atoms with Crippen molar-refractivity contribution in [1.29, 1.82) is 0 Å². The number of carbonyl (C=O) groups is 1. The van der Waals surface area contributed by atoms with Crippen molar-refractivity contribution < 1.29 is 22.8 Å². The van der Waals surface area contributed by atoms with Gasteiger partial charge in [0.2, 0.25) is 0 Å². The number of hydrogen-bond acceptors (Lipinski definition) is 3. The first-order valence-corrected chi connectivity index (χ1v) is 4.23. The van der Waals surface area contributed by atoms with Gasteiger partial charge in [0.25, 0.3) is 5.78 Å². The maximum atomic E-state index is 11.7. The summed E-state index contributed by atoms with van der Waals surface area (Å²) in [6.07, 6.45) is -3.96. The van der Waals surface area contributed by atoms with Crippen molar-refractivity contribution in [3.63, 3.8) is 0 Å². The fraction of sp³-hybridized carbons (Fsp3) is 0.556. The highest BCUT2D eigenvalue weighted by Crippen LogP contribution is 2.16. The van der Waals surface area contributed by atoms with Gasteiger partial charge in [0.1, 0.15) is 6.26 Å². The lowest BCUT2D eigenvalue weighted by Gasteiger charge is -2.01. The van der Waals surface area contributed by atoms with Gasteiger partial charge in [0.15, 0.2) is 0 Å². The molecule has 3 nitrogen and oxygen atoms in total. The highest BCUT2D eigenvalue weighted by atomic mass is 19.4. The van der Waals surface area contributed by atoms with E-state index in [9.17, 15) is 18.0 Å². The molecular weight excluding hydrogens is 211 g/mol. The van der Waals surface area contributed by atoms with Crippen LogP contribution in [-0.2, 0) is 9.63 Å². The molecule has 0 aliphatic carbocycles. The number of allylic oxidation sites excluding steroid dienone is 1. The third kappa shape index (κ3) is 5.87. The van der Waals surface area contributed by atoms with Gasteiger partial charge in [-0.05, 0) is 12.8 Å². The molecule has 0 aliphatic heterocycles. The molecule has 0 amide bonds. The van der Waals surface area contributed by atoms with Crippen molar-refractivity contribution >= 4 is 11.5 Å². The van der Waals surface area contributed by atoms with Crippen molar-refractivity contribution in [2.24, 2.45) is 11.1 Å². The minimum absolute atomic E-state index is 0.136. The number of hydrogen-bond donors (Lipinski definition) is 0. The van der Waals surface area contributed by atoms with E-state index < -0.39 is 12.0 Å². The normalized spacial score (nSPS) is 13.7. The van der Waals surface area contributed by atoms with E-state index in [1.54, 1.807) is 6.92 Å². The quantitative estimate of drug-likeness (QED) is 0.318. The summed E-state index contributed by atoms with van der Waals surface area (Å²) in [4.78, 5) is 14.7. The maximum absolute atomic E-state index is 11.7. The Morgan fingerprint density at radius 3 is 2.33 bits per heavy atom. The van der Waals surface area contributed by atoms with Gasteiger partial charge in [-0.15, -0.1) is 0 Å². The van der Waals surface area contributed by atoms with Crippen molar-refractivity contribution in [3.05, 3.63) is 12.3 Å². The molecule has 0 atom stereocenters. The number of ketones is 1. The zero-order valence-corrected chi connectivity index (χ0v) is 8.63. The highest BCUT2D eigenvalue weighted by molar-refractivity contribution is 5.94. The van der Waals surface area contributed by atoms with E-state index in [2.05, 4.69) is 9.99 Å². The molecule has 0 aromatic heterocycles. The Morgan fingerprint density at radius 1 is 1.40 bits per heavy atom. The molecule has 0 radical (unpaired) electrons. The molecule has 15 heavy (non-hydrogen) atoms. The minimum atomic E-state index is -4.86. The summed E-state index contributed by atoms with van der Waals surface area (Å²) in [5.74, 6) is -1.84. The van der Waals surface area contributed by atoms with Crippen LogP contribution in [0.2, 0.25) is 0 Å². The second kappa shape index (κ2) is 5.53. The fourth-order valence-electron chi connectivity index (χ4n) is 0.406. The van der Waals surface area contributed by atoms with Crippen molar-refractivity contribution in [3.8, 4) is 0 Å². The molecule has 0 N–H and O–H groups in total. The van der Waals surface area contributed by atoms with Crippen LogP contribution in [-0.4, -0.2) is 17.7 Å². The van der Waals surface area contributed by atoms with Crippen LogP contribution in [0.5, 0.6) is 0 Å². The van der Waals surface area contributed by atoms with Gasteiger partial charge in [-0.1, -0.05) is 19.0 Å². The molecule has 0 saturated heterocycles. The third-order valence-electron chi connectivity index (χ3n) is 1.59. The summed E-state index contributed by atoms with van der Waals surface area (Å²) < 4.78 is 35.0. The lowest BCUT2D eigenvalue weighted by atomic mass is 10.1. The van der Waals surface area contributed by atoms with E-state index in [1.807, 2.05) is 13.8 Å². The fourth-order valence-corrected chi connectivity index (χ4v) is 0.406. The zero-order valence-electron chi connectivity index (χ0n) is 8.63. The highest BCUT2D eigenvalue weighted by Gasteiger charge is 2.36. The predicted octanol–water partition coefficient (Wildman–Crippen LogP) is 2.68. The number of rotatable bonds is 4. The molecule has 0 unspecified atom stereocenters. The molecule has 0 rings (SSSR count). The van der Waals surface area contributed by atoms with Crippen molar-refractivity contribution in [2.75, 3.05) is 0 Å². The first-order chi connectivity index (χ1) is 6.75. The lowest BCUT2D eigenvalue weighted by Crippen LogP contribution is -2.19. The van der Waals surface area contributed by atoms with Gasteiger partial charge in [-0.3, -0.25) is 4.79 Å². The maximum Gasteiger partial charge on any atom is 0.454 e. The van der Waals surface area contributed by atoms with Gasteiger partial charge in [0.05, 0.1) is 5.71 Å². The number of halogens is 3. The van der Waals surface area contributed by atoms with E-state index in [1.165, 1.54) is 0 Å². The van der Waals surface area contributed by atoms with Crippen LogP contribution in [0.3, 0.4) is 0 Å². The predicted molar refractivity (Wildman–Crippen MR) is 49.2 cm³/mol. The first-order valence-electron chi connectivity index (χ1n) is 4.23. The summed E-state index contributed by atoms with van der Waals surface area (Å²) in [6, 6.07) is 0. The van der Waals surface area contributed by atoms with Gasteiger partial charge < -0.3 is 4.84 Å². The van der Waals surface area contributed by atoms with Gasteiger partial charge in [-0.2, -0.15) is 13.2 Å². The van der Waals surface area contributed by atoms with E-state index in [-0.39, 0.29) is 12.0 Å². The summed E-state index contributed by atoms with van der Waals surface area (Å²) in [6.45, 7) is 5.38. The third-order valence-corrected chi connectivity index (χ3v) is 1.59. The molecule has 0 saturated carbocycles. The molecule has 86 valence electrons. The number of alkyl halides is 3. The molecule has 0 heterocycles. The zero-order chi connectivity index (χ0) is 12.1. The largest absolute Gasteiger partial charge is 0.454 e. The van der Waals surface area contributed by atoms with E-state index in [0.717, 1.165) is 0 Å².